The van der Waals surface area contributed by atoms with Gasteiger partial charge in [0.2, 0.25) is 0 Å². The summed E-state index contributed by atoms with van der Waals surface area (Å²) in [4.78, 5) is 2.60. The molecular formula is C28H25NS. The molecule has 1 N–H and O–H groups in total. The first kappa shape index (κ1) is 19.0. The lowest BCUT2D eigenvalue weighted by Gasteiger charge is -2.24. The summed E-state index contributed by atoms with van der Waals surface area (Å²) in [5.41, 5.74) is 7.80. The fourth-order valence-corrected chi connectivity index (χ4v) is 5.21. The molecule has 1 aliphatic heterocycles. The number of anilines is 2. The molecule has 0 aromatic heterocycles. The molecule has 0 radical (unpaired) electrons. The van der Waals surface area contributed by atoms with Crippen LogP contribution in [0.15, 0.2) is 107 Å². The molecule has 0 saturated carbocycles. The van der Waals surface area contributed by atoms with Gasteiger partial charge in [-0.3, -0.25) is 0 Å². The highest BCUT2D eigenvalue weighted by molar-refractivity contribution is 7.99. The molecule has 5 rings (SSSR count). The Hall–Kier alpha value is -2.97. The normalized spacial score (nSPS) is 14.2. The summed E-state index contributed by atoms with van der Waals surface area (Å²) in [6.45, 7) is 4.57. The Bertz CT molecular complexity index is 1070. The second-order valence-corrected chi connectivity index (χ2v) is 9.09. The van der Waals surface area contributed by atoms with Crippen molar-refractivity contribution in [3.05, 3.63) is 119 Å². The maximum absolute atomic E-state index is 3.63. The first-order valence-electron chi connectivity index (χ1n) is 10.5. The smallest absolute Gasteiger partial charge is 0.0526 e. The zero-order chi connectivity index (χ0) is 20.5. The Morgan fingerprint density at radius 2 is 0.967 bits per heavy atom. The average Bonchev–Trinajstić information content (AvgIpc) is 2.82. The van der Waals surface area contributed by atoms with Crippen LogP contribution in [0.25, 0.3) is 0 Å². The van der Waals surface area contributed by atoms with E-state index in [9.17, 15) is 0 Å². The minimum absolute atomic E-state index is 0.378. The van der Waals surface area contributed by atoms with Gasteiger partial charge in [0.15, 0.2) is 0 Å². The topological polar surface area (TPSA) is 12.0 Å². The highest BCUT2D eigenvalue weighted by atomic mass is 32.2. The highest BCUT2D eigenvalue weighted by Crippen LogP contribution is 2.46. The number of rotatable bonds is 4. The van der Waals surface area contributed by atoms with E-state index in [1.165, 1.54) is 43.4 Å². The molecule has 1 heterocycles. The molecule has 1 aliphatic rings. The summed E-state index contributed by atoms with van der Waals surface area (Å²) in [5, 5.41) is 3.63. The van der Waals surface area contributed by atoms with Crippen LogP contribution in [0.1, 0.15) is 47.9 Å². The summed E-state index contributed by atoms with van der Waals surface area (Å²) >= 11 is 1.87. The number of hydrogen-bond acceptors (Lipinski definition) is 2. The fourth-order valence-electron chi connectivity index (χ4n) is 4.12. The monoisotopic (exact) mass is 407 g/mol. The molecule has 2 atom stereocenters. The molecule has 2 unspecified atom stereocenters. The molecule has 0 spiro atoms. The lowest BCUT2D eigenvalue weighted by atomic mass is 9.92. The lowest BCUT2D eigenvalue weighted by Crippen LogP contribution is -2.04. The molecular weight excluding hydrogens is 382 g/mol. The summed E-state index contributed by atoms with van der Waals surface area (Å²) in [5.74, 6) is 0.755. The molecule has 148 valence electrons. The van der Waals surface area contributed by atoms with E-state index in [4.69, 9.17) is 0 Å². The third-order valence-electron chi connectivity index (χ3n) is 6.10. The number of fused-ring (bicyclic) bond motifs is 2. The molecule has 4 aromatic carbocycles. The molecule has 4 aromatic rings. The van der Waals surface area contributed by atoms with Crippen LogP contribution in [0.5, 0.6) is 0 Å². The van der Waals surface area contributed by atoms with Crippen molar-refractivity contribution in [1.29, 1.82) is 0 Å². The van der Waals surface area contributed by atoms with Crippen LogP contribution >= 0.6 is 11.8 Å². The van der Waals surface area contributed by atoms with Crippen LogP contribution in [0.4, 0.5) is 11.4 Å². The van der Waals surface area contributed by atoms with Gasteiger partial charge in [0, 0.05) is 21.6 Å². The van der Waals surface area contributed by atoms with Gasteiger partial charge in [0.1, 0.15) is 0 Å². The highest BCUT2D eigenvalue weighted by Gasteiger charge is 2.19. The van der Waals surface area contributed by atoms with E-state index in [1.54, 1.807) is 0 Å². The van der Waals surface area contributed by atoms with Crippen molar-refractivity contribution in [2.75, 3.05) is 5.32 Å². The summed E-state index contributed by atoms with van der Waals surface area (Å²) in [7, 11) is 0. The number of nitrogens with one attached hydrogen (secondary N) is 1. The molecule has 2 heteroatoms. The van der Waals surface area contributed by atoms with E-state index < -0.39 is 0 Å². The van der Waals surface area contributed by atoms with Gasteiger partial charge in [-0.25, -0.2) is 0 Å². The van der Waals surface area contributed by atoms with Crippen LogP contribution in [-0.2, 0) is 0 Å². The standard InChI is InChI=1S/C28H25NS/c1-19(21-9-5-3-6-10-21)23-13-15-25-27(17-23)30-28-18-24(14-16-26(28)29-25)20(2)22-11-7-4-8-12-22/h3-20,29H,1-2H3. The molecule has 0 aliphatic carbocycles. The second kappa shape index (κ2) is 8.04. The maximum Gasteiger partial charge on any atom is 0.0526 e. The van der Waals surface area contributed by atoms with Crippen LogP contribution in [-0.4, -0.2) is 0 Å². The van der Waals surface area contributed by atoms with E-state index >= 15 is 0 Å². The zero-order valence-electron chi connectivity index (χ0n) is 17.3. The Kier molecular flexibility index (Phi) is 5.10. The van der Waals surface area contributed by atoms with Crippen LogP contribution < -0.4 is 5.32 Å². The van der Waals surface area contributed by atoms with E-state index in [-0.39, 0.29) is 0 Å². The van der Waals surface area contributed by atoms with Crippen molar-refractivity contribution in [3.63, 3.8) is 0 Å². The van der Waals surface area contributed by atoms with Crippen molar-refractivity contribution in [2.45, 2.75) is 35.5 Å². The Balaban J connectivity index is 1.44. The van der Waals surface area contributed by atoms with Crippen molar-refractivity contribution in [1.82, 2.24) is 0 Å². The van der Waals surface area contributed by atoms with Crippen LogP contribution in [0, 0.1) is 0 Å². The average molecular weight is 408 g/mol. The van der Waals surface area contributed by atoms with E-state index in [0.717, 1.165) is 0 Å². The molecule has 0 saturated heterocycles. The zero-order valence-corrected chi connectivity index (χ0v) is 18.1. The van der Waals surface area contributed by atoms with E-state index in [2.05, 4.69) is 116 Å². The fraction of sp³-hybridized carbons (Fsp3) is 0.143. The quantitative estimate of drug-likeness (QED) is 0.322. The van der Waals surface area contributed by atoms with Crippen molar-refractivity contribution in [3.8, 4) is 0 Å². The van der Waals surface area contributed by atoms with Crippen molar-refractivity contribution in [2.24, 2.45) is 0 Å². The summed E-state index contributed by atoms with van der Waals surface area (Å²) in [6, 6.07) is 35.1. The van der Waals surface area contributed by atoms with Gasteiger partial charge in [-0.2, -0.15) is 0 Å². The van der Waals surface area contributed by atoms with Gasteiger partial charge < -0.3 is 5.32 Å². The van der Waals surface area contributed by atoms with Crippen molar-refractivity contribution < 1.29 is 0 Å². The Labute approximate surface area is 183 Å². The molecule has 0 bridgehead atoms. The van der Waals surface area contributed by atoms with E-state index in [0.29, 0.717) is 11.8 Å². The van der Waals surface area contributed by atoms with Gasteiger partial charge in [-0.05, 0) is 46.5 Å². The SMILES string of the molecule is CC(c1ccccc1)c1ccc2c(c1)Sc1cc(C(C)c3ccccc3)ccc1N2. The van der Waals surface area contributed by atoms with Gasteiger partial charge >= 0.3 is 0 Å². The lowest BCUT2D eigenvalue weighted by molar-refractivity contribution is 0.914. The number of hydrogen-bond donors (Lipinski definition) is 1. The minimum atomic E-state index is 0.378. The first-order valence-corrected chi connectivity index (χ1v) is 11.3. The first-order chi connectivity index (χ1) is 14.7. The summed E-state index contributed by atoms with van der Waals surface area (Å²) < 4.78 is 0. The number of benzene rings is 4. The second-order valence-electron chi connectivity index (χ2n) is 8.00. The largest absolute Gasteiger partial charge is 0.354 e. The summed E-state index contributed by atoms with van der Waals surface area (Å²) in [6.07, 6.45) is 0. The molecule has 30 heavy (non-hydrogen) atoms. The van der Waals surface area contributed by atoms with Gasteiger partial charge in [0.05, 0.1) is 11.4 Å². The minimum Gasteiger partial charge on any atom is -0.354 e. The van der Waals surface area contributed by atoms with Crippen LogP contribution in [0.2, 0.25) is 0 Å². The van der Waals surface area contributed by atoms with E-state index in [1.807, 2.05) is 11.8 Å². The predicted molar refractivity (Wildman–Crippen MR) is 128 cm³/mol. The third-order valence-corrected chi connectivity index (χ3v) is 7.22. The Morgan fingerprint density at radius 1 is 0.533 bits per heavy atom. The third kappa shape index (κ3) is 3.64. The Morgan fingerprint density at radius 3 is 1.40 bits per heavy atom. The maximum atomic E-state index is 3.63. The molecule has 1 nitrogen and oxygen atoms in total. The van der Waals surface area contributed by atoms with Gasteiger partial charge in [-0.1, -0.05) is 98.4 Å². The molecule has 0 fully saturated rings. The predicted octanol–water partition coefficient (Wildman–Crippen LogP) is 8.20. The van der Waals surface area contributed by atoms with Crippen LogP contribution in [0.3, 0.4) is 0 Å². The van der Waals surface area contributed by atoms with Gasteiger partial charge in [0.25, 0.3) is 0 Å². The van der Waals surface area contributed by atoms with Crippen molar-refractivity contribution >= 4 is 23.1 Å². The van der Waals surface area contributed by atoms with Gasteiger partial charge in [-0.15, -0.1) is 0 Å². The molecule has 0 amide bonds.